The molecule has 59 heavy (non-hydrogen) atoms. The Morgan fingerprint density at radius 3 is 1.78 bits per heavy atom. The molecule has 17 heteroatoms. The number of hydrogen-bond donors (Lipinski definition) is 2. The van der Waals surface area contributed by atoms with Crippen LogP contribution in [0.4, 0.5) is 11.4 Å². The van der Waals surface area contributed by atoms with Crippen LogP contribution in [0, 0.1) is 0 Å². The number of ketones is 1. The molecule has 0 spiro atoms. The van der Waals surface area contributed by atoms with Gasteiger partial charge in [-0.1, -0.05) is 58.9 Å². The lowest BCUT2D eigenvalue weighted by molar-refractivity contribution is -0.142. The summed E-state index contributed by atoms with van der Waals surface area (Å²) in [7, 11) is 0. The van der Waals surface area contributed by atoms with Crippen molar-refractivity contribution >= 4 is 81.6 Å². The van der Waals surface area contributed by atoms with Gasteiger partial charge in [-0.05, 0) is 98.8 Å². The highest BCUT2D eigenvalue weighted by molar-refractivity contribution is 7.99. The second-order valence-electron chi connectivity index (χ2n) is 11.4. The number of anilines is 1. The van der Waals surface area contributed by atoms with Gasteiger partial charge in [-0.2, -0.15) is 5.11 Å². The molecule has 2 aromatic carbocycles. The number of carbonyl (C=O) groups is 3. The Bertz CT molecular complexity index is 2380. The Morgan fingerprint density at radius 1 is 0.695 bits per heavy atom. The summed E-state index contributed by atoms with van der Waals surface area (Å²) in [6.45, 7) is 3.70. The van der Waals surface area contributed by atoms with Gasteiger partial charge in [0, 0.05) is 62.5 Å². The van der Waals surface area contributed by atoms with E-state index in [4.69, 9.17) is 33.7 Å². The number of nitrogen functional groups attached to an aromatic ring is 1. The summed E-state index contributed by atoms with van der Waals surface area (Å²) in [5.41, 5.74) is 7.00. The summed E-state index contributed by atoms with van der Waals surface area (Å²) in [4.78, 5) is 54.8. The Labute approximate surface area is 359 Å². The molecule has 0 unspecified atom stereocenters. The molecule has 0 aliphatic rings. The lowest BCUT2D eigenvalue weighted by Gasteiger charge is -2.07. The third-order valence-corrected chi connectivity index (χ3v) is 9.59. The number of rotatable bonds is 13. The predicted octanol–water partition coefficient (Wildman–Crippen LogP) is 10.5. The maximum absolute atomic E-state index is 12.3. The van der Waals surface area contributed by atoms with E-state index in [0.29, 0.717) is 5.69 Å². The number of aliphatic hydroxyl groups excluding tert-OH is 1. The number of nitrogens with zero attached hydrogens (tertiary/aromatic N) is 6. The summed E-state index contributed by atoms with van der Waals surface area (Å²) in [6.07, 6.45) is 9.71. The zero-order valence-electron chi connectivity index (χ0n) is 31.6. The van der Waals surface area contributed by atoms with Crippen LogP contribution in [0.5, 0.6) is 0 Å². The number of azo groups is 1. The average molecular weight is 871 g/mol. The number of aromatic nitrogens is 4. The quantitative estimate of drug-likeness (QED) is 0.0163. The number of Topliss-reactive ketones (excluding diaryl/α,β-unsaturated/α-hetero) is 1. The van der Waals surface area contributed by atoms with E-state index in [-0.39, 0.29) is 52.5 Å². The molecule has 3 N–H and O–H groups in total. The van der Waals surface area contributed by atoms with E-state index >= 15 is 0 Å². The van der Waals surface area contributed by atoms with Crippen molar-refractivity contribution in [2.45, 2.75) is 39.9 Å². The molecule has 6 rings (SSSR count). The van der Waals surface area contributed by atoms with Crippen LogP contribution in [-0.4, -0.2) is 56.0 Å². The van der Waals surface area contributed by atoms with Gasteiger partial charge in [-0.25, -0.2) is 14.8 Å². The van der Waals surface area contributed by atoms with E-state index in [0.717, 1.165) is 25.3 Å². The highest BCUT2D eigenvalue weighted by Crippen LogP contribution is 2.31. The molecule has 4 heterocycles. The molecule has 0 radical (unpaired) electrons. The number of nitrogens with two attached hydrogens (primary N) is 1. The average Bonchev–Trinajstić information content (AvgIpc) is 3.23. The Balaban J connectivity index is 0.000000220. The predicted molar refractivity (Wildman–Crippen MR) is 229 cm³/mol. The molecular formula is C42H37Cl2N7O6S2. The van der Waals surface area contributed by atoms with Gasteiger partial charge in [0.25, 0.3) is 0 Å². The summed E-state index contributed by atoms with van der Waals surface area (Å²) >= 11 is 14.9. The number of pyridine rings is 4. The van der Waals surface area contributed by atoms with Crippen molar-refractivity contribution in [3.63, 3.8) is 0 Å². The normalized spacial score (nSPS) is 10.9. The molecule has 302 valence electrons. The fourth-order valence-corrected chi connectivity index (χ4v) is 6.66. The third-order valence-electron chi connectivity index (χ3n) is 7.06. The molecule has 0 saturated carbocycles. The van der Waals surface area contributed by atoms with Crippen LogP contribution in [-0.2, 0) is 19.1 Å². The van der Waals surface area contributed by atoms with Crippen molar-refractivity contribution in [2.24, 2.45) is 10.2 Å². The van der Waals surface area contributed by atoms with Crippen LogP contribution in [0.15, 0.2) is 170 Å². The van der Waals surface area contributed by atoms with Crippen molar-refractivity contribution in [3.05, 3.63) is 161 Å². The van der Waals surface area contributed by atoms with Crippen molar-refractivity contribution in [1.29, 1.82) is 0 Å². The minimum absolute atomic E-state index is 0.0295. The third kappa shape index (κ3) is 15.6. The molecule has 4 aromatic heterocycles. The summed E-state index contributed by atoms with van der Waals surface area (Å²) < 4.78 is 9.64. The zero-order chi connectivity index (χ0) is 42.4. The molecule has 6 aromatic rings. The fraction of sp³-hybridized carbons (Fsp3) is 0.119. The van der Waals surface area contributed by atoms with Gasteiger partial charge in [0.15, 0.2) is 11.5 Å². The smallest absolute Gasteiger partial charge is 0.362 e. The highest BCUT2D eigenvalue weighted by Gasteiger charge is 2.20. The molecule has 0 bridgehead atoms. The minimum Gasteiger partial charge on any atom is -0.505 e. The van der Waals surface area contributed by atoms with Crippen molar-refractivity contribution < 1.29 is 29.0 Å². The Morgan fingerprint density at radius 2 is 1.24 bits per heavy atom. The van der Waals surface area contributed by atoms with E-state index in [1.54, 1.807) is 68.5 Å². The first-order valence-corrected chi connectivity index (χ1v) is 20.0. The standard InChI is InChI=1S/C21H17ClN4O3S.C11H10N2S.C10H10ClNO3/c1-2-29-21(28)18(19(27)17-9-5-11-24-20(17)22)26-25-14-6-3-7-15(12-14)30-16-8-4-10-23-13-16;12-9-3-1-4-10(7-9)14-11-5-2-6-13-8-11;1-2-15-9(14)6-8(13)7-4-3-5-12-10(7)11/h3-13,27H,2H2,1H3;1-8H,12H2;3-5H,2,6H2,1H3. The number of aliphatic hydroxyl groups is 1. The largest absolute Gasteiger partial charge is 0.505 e. The highest BCUT2D eigenvalue weighted by atomic mass is 35.5. The summed E-state index contributed by atoms with van der Waals surface area (Å²) in [5, 5.41) is 18.8. The maximum atomic E-state index is 12.3. The molecule has 0 aliphatic heterocycles. The molecule has 13 nitrogen and oxygen atoms in total. The van der Waals surface area contributed by atoms with Crippen LogP contribution in [0.1, 0.15) is 36.2 Å². The van der Waals surface area contributed by atoms with Gasteiger partial charge in [0.2, 0.25) is 5.70 Å². The second-order valence-corrected chi connectivity index (χ2v) is 14.4. The van der Waals surface area contributed by atoms with Gasteiger partial charge < -0.3 is 20.3 Å². The number of esters is 2. The lowest BCUT2D eigenvalue weighted by atomic mass is 10.1. The van der Waals surface area contributed by atoms with Crippen LogP contribution in [0.2, 0.25) is 10.3 Å². The van der Waals surface area contributed by atoms with Gasteiger partial charge in [0.1, 0.15) is 16.7 Å². The van der Waals surface area contributed by atoms with Crippen LogP contribution >= 0.6 is 46.7 Å². The van der Waals surface area contributed by atoms with Crippen molar-refractivity contribution in [1.82, 2.24) is 19.9 Å². The van der Waals surface area contributed by atoms with E-state index < -0.39 is 17.7 Å². The van der Waals surface area contributed by atoms with Crippen LogP contribution in [0.3, 0.4) is 0 Å². The van der Waals surface area contributed by atoms with E-state index in [1.807, 2.05) is 66.9 Å². The van der Waals surface area contributed by atoms with Gasteiger partial charge in [-0.3, -0.25) is 19.6 Å². The number of hydrogen-bond acceptors (Lipinski definition) is 15. The van der Waals surface area contributed by atoms with E-state index in [1.165, 1.54) is 36.3 Å². The molecule has 0 atom stereocenters. The van der Waals surface area contributed by atoms with Crippen LogP contribution in [0.25, 0.3) is 5.76 Å². The van der Waals surface area contributed by atoms with Crippen molar-refractivity contribution in [2.75, 3.05) is 18.9 Å². The Hall–Kier alpha value is -6.13. The molecule has 0 saturated heterocycles. The first kappa shape index (κ1) is 45.6. The van der Waals surface area contributed by atoms with Gasteiger partial charge >= 0.3 is 11.9 Å². The van der Waals surface area contributed by atoms with E-state index in [9.17, 15) is 19.5 Å². The number of halogens is 2. The van der Waals surface area contributed by atoms with Gasteiger partial charge in [-0.15, -0.1) is 5.11 Å². The SMILES string of the molecule is CCOC(=O)C(N=Nc1cccc(Sc2cccnc2)c1)=C(O)c1cccnc1Cl.CCOC(=O)CC(=O)c1cccnc1Cl.Nc1cccc(Sc2cccnc2)c1. The number of benzene rings is 2. The van der Waals surface area contributed by atoms with Crippen molar-refractivity contribution in [3.8, 4) is 0 Å². The zero-order valence-corrected chi connectivity index (χ0v) is 34.8. The van der Waals surface area contributed by atoms with Crippen LogP contribution < -0.4 is 5.73 Å². The van der Waals surface area contributed by atoms with E-state index in [2.05, 4.69) is 34.9 Å². The fourth-order valence-electron chi connectivity index (χ4n) is 4.49. The Kier molecular flexibility index (Phi) is 19.0. The monoisotopic (exact) mass is 869 g/mol. The second kappa shape index (κ2) is 24.6. The first-order valence-electron chi connectivity index (χ1n) is 17.6. The minimum atomic E-state index is -0.820. The van der Waals surface area contributed by atoms with Gasteiger partial charge in [0.05, 0.1) is 30.0 Å². The maximum Gasteiger partial charge on any atom is 0.362 e. The molecule has 0 fully saturated rings. The topological polar surface area (TPSA) is 192 Å². The number of carbonyl (C=O) groups excluding carboxylic acids is 3. The molecule has 0 amide bonds. The first-order chi connectivity index (χ1) is 28.6. The number of ether oxygens (including phenoxy) is 2. The summed E-state index contributed by atoms with van der Waals surface area (Å²) in [5.74, 6) is -2.22. The molecular weight excluding hydrogens is 834 g/mol. The summed E-state index contributed by atoms with van der Waals surface area (Å²) in [6, 6.07) is 29.1. The molecule has 0 aliphatic carbocycles. The lowest BCUT2D eigenvalue weighted by Crippen LogP contribution is -2.11.